The SMILES string of the molecule is CC(C)(C)NCCNCc1cccc(F)c1Br. The molecule has 0 aromatic heterocycles. The van der Waals surface area contributed by atoms with Crippen LogP contribution in [0.1, 0.15) is 26.3 Å². The van der Waals surface area contributed by atoms with E-state index in [1.54, 1.807) is 6.07 Å². The Kier molecular flexibility index (Phi) is 5.56. The molecule has 1 rings (SSSR count). The lowest BCUT2D eigenvalue weighted by atomic mass is 10.1. The van der Waals surface area contributed by atoms with Crippen LogP contribution in [0.15, 0.2) is 22.7 Å². The Bertz CT molecular complexity index is 361. The van der Waals surface area contributed by atoms with Gasteiger partial charge < -0.3 is 10.6 Å². The molecular formula is C13H20BrFN2. The summed E-state index contributed by atoms with van der Waals surface area (Å²) in [7, 11) is 0. The molecule has 1 aromatic rings. The summed E-state index contributed by atoms with van der Waals surface area (Å²) in [5.41, 5.74) is 1.09. The fourth-order valence-electron chi connectivity index (χ4n) is 1.43. The first-order valence-electron chi connectivity index (χ1n) is 5.79. The van der Waals surface area contributed by atoms with Gasteiger partial charge >= 0.3 is 0 Å². The third-order valence-electron chi connectivity index (χ3n) is 2.30. The highest BCUT2D eigenvalue weighted by molar-refractivity contribution is 9.10. The van der Waals surface area contributed by atoms with Crippen LogP contribution < -0.4 is 10.6 Å². The van der Waals surface area contributed by atoms with Crippen molar-refractivity contribution in [1.82, 2.24) is 10.6 Å². The fourth-order valence-corrected chi connectivity index (χ4v) is 1.84. The normalized spacial score (nSPS) is 11.8. The fraction of sp³-hybridized carbons (Fsp3) is 0.538. The van der Waals surface area contributed by atoms with Crippen LogP contribution in [0.5, 0.6) is 0 Å². The van der Waals surface area contributed by atoms with Crippen LogP contribution in [-0.2, 0) is 6.54 Å². The zero-order valence-electron chi connectivity index (χ0n) is 10.6. The first-order valence-corrected chi connectivity index (χ1v) is 6.58. The van der Waals surface area contributed by atoms with Crippen LogP contribution in [0.25, 0.3) is 0 Å². The van der Waals surface area contributed by atoms with Gasteiger partial charge in [0.25, 0.3) is 0 Å². The summed E-state index contributed by atoms with van der Waals surface area (Å²) in [4.78, 5) is 0. The zero-order valence-corrected chi connectivity index (χ0v) is 12.2. The minimum atomic E-state index is -0.211. The van der Waals surface area contributed by atoms with Gasteiger partial charge in [0.1, 0.15) is 5.82 Å². The number of rotatable bonds is 5. The second kappa shape index (κ2) is 6.47. The van der Waals surface area contributed by atoms with Gasteiger partial charge in [0, 0.05) is 25.2 Å². The van der Waals surface area contributed by atoms with E-state index < -0.39 is 0 Å². The molecule has 2 N–H and O–H groups in total. The molecule has 0 fully saturated rings. The van der Waals surface area contributed by atoms with Gasteiger partial charge in [-0.2, -0.15) is 0 Å². The number of hydrogen-bond acceptors (Lipinski definition) is 2. The molecule has 0 unspecified atom stereocenters. The maximum absolute atomic E-state index is 13.2. The van der Waals surface area contributed by atoms with Crippen molar-refractivity contribution in [2.24, 2.45) is 0 Å². The molecule has 0 atom stereocenters. The molecule has 2 nitrogen and oxygen atoms in total. The lowest BCUT2D eigenvalue weighted by Crippen LogP contribution is -2.40. The Morgan fingerprint density at radius 3 is 2.59 bits per heavy atom. The maximum Gasteiger partial charge on any atom is 0.137 e. The molecule has 0 aliphatic carbocycles. The van der Waals surface area contributed by atoms with E-state index >= 15 is 0 Å². The van der Waals surface area contributed by atoms with E-state index in [2.05, 4.69) is 47.3 Å². The van der Waals surface area contributed by atoms with E-state index in [1.807, 2.05) is 6.07 Å². The van der Waals surface area contributed by atoms with Gasteiger partial charge in [-0.3, -0.25) is 0 Å². The van der Waals surface area contributed by atoms with Crippen LogP contribution >= 0.6 is 15.9 Å². The quantitative estimate of drug-likeness (QED) is 0.817. The number of nitrogens with one attached hydrogen (secondary N) is 2. The lowest BCUT2D eigenvalue weighted by Gasteiger charge is -2.20. The van der Waals surface area contributed by atoms with E-state index in [0.29, 0.717) is 11.0 Å². The van der Waals surface area contributed by atoms with Crippen molar-refractivity contribution in [3.8, 4) is 0 Å². The molecule has 1 aromatic carbocycles. The Morgan fingerprint density at radius 1 is 1.24 bits per heavy atom. The standard InChI is InChI=1S/C13H20BrFN2/c1-13(2,3)17-8-7-16-9-10-5-4-6-11(15)12(10)14/h4-6,16-17H,7-9H2,1-3H3. The molecule has 0 aliphatic heterocycles. The third kappa shape index (κ3) is 5.61. The van der Waals surface area contributed by atoms with Crippen molar-refractivity contribution in [2.45, 2.75) is 32.9 Å². The van der Waals surface area contributed by atoms with E-state index in [-0.39, 0.29) is 11.4 Å². The molecule has 17 heavy (non-hydrogen) atoms. The first-order chi connectivity index (χ1) is 7.90. The number of benzene rings is 1. The van der Waals surface area contributed by atoms with Crippen molar-refractivity contribution in [1.29, 1.82) is 0 Å². The monoisotopic (exact) mass is 302 g/mol. The third-order valence-corrected chi connectivity index (χ3v) is 3.19. The molecule has 4 heteroatoms. The van der Waals surface area contributed by atoms with Crippen molar-refractivity contribution in [2.75, 3.05) is 13.1 Å². The Balaban J connectivity index is 2.29. The predicted octanol–water partition coefficient (Wildman–Crippen LogP) is 3.07. The van der Waals surface area contributed by atoms with Crippen molar-refractivity contribution >= 4 is 15.9 Å². The van der Waals surface area contributed by atoms with Crippen LogP contribution in [0.3, 0.4) is 0 Å². The van der Waals surface area contributed by atoms with Crippen LogP contribution in [0.2, 0.25) is 0 Å². The first kappa shape index (κ1) is 14.6. The van der Waals surface area contributed by atoms with Crippen molar-refractivity contribution in [3.05, 3.63) is 34.1 Å². The minimum absolute atomic E-state index is 0.140. The molecule has 96 valence electrons. The number of hydrogen-bond donors (Lipinski definition) is 2. The van der Waals surface area contributed by atoms with Gasteiger partial charge in [0.05, 0.1) is 4.47 Å². The zero-order chi connectivity index (χ0) is 12.9. The Morgan fingerprint density at radius 2 is 1.94 bits per heavy atom. The summed E-state index contributed by atoms with van der Waals surface area (Å²) in [6, 6.07) is 5.09. The lowest BCUT2D eigenvalue weighted by molar-refractivity contribution is 0.421. The summed E-state index contributed by atoms with van der Waals surface area (Å²) in [6.07, 6.45) is 0. The van der Waals surface area contributed by atoms with E-state index in [1.165, 1.54) is 6.07 Å². The largest absolute Gasteiger partial charge is 0.311 e. The molecule has 0 radical (unpaired) electrons. The summed E-state index contributed by atoms with van der Waals surface area (Å²) in [5, 5.41) is 6.67. The summed E-state index contributed by atoms with van der Waals surface area (Å²) >= 11 is 3.25. The molecular weight excluding hydrogens is 283 g/mol. The second-order valence-corrected chi connectivity index (χ2v) is 5.86. The maximum atomic E-state index is 13.2. The van der Waals surface area contributed by atoms with E-state index in [0.717, 1.165) is 18.7 Å². The molecule has 0 spiro atoms. The van der Waals surface area contributed by atoms with Gasteiger partial charge in [-0.25, -0.2) is 4.39 Å². The Labute approximate surface area is 111 Å². The molecule has 0 saturated carbocycles. The van der Waals surface area contributed by atoms with Gasteiger partial charge in [0.2, 0.25) is 0 Å². The van der Waals surface area contributed by atoms with Crippen LogP contribution in [0.4, 0.5) is 4.39 Å². The minimum Gasteiger partial charge on any atom is -0.311 e. The van der Waals surface area contributed by atoms with E-state index in [9.17, 15) is 4.39 Å². The second-order valence-electron chi connectivity index (χ2n) is 5.07. The summed E-state index contributed by atoms with van der Waals surface area (Å²) in [5.74, 6) is -0.211. The van der Waals surface area contributed by atoms with Crippen molar-refractivity contribution in [3.63, 3.8) is 0 Å². The molecule has 0 amide bonds. The highest BCUT2D eigenvalue weighted by Gasteiger charge is 2.07. The molecule has 0 bridgehead atoms. The predicted molar refractivity (Wildman–Crippen MR) is 73.6 cm³/mol. The topological polar surface area (TPSA) is 24.1 Å². The van der Waals surface area contributed by atoms with Gasteiger partial charge in [-0.05, 0) is 48.3 Å². The molecule has 0 heterocycles. The highest BCUT2D eigenvalue weighted by Crippen LogP contribution is 2.19. The summed E-state index contributed by atoms with van der Waals surface area (Å²) < 4.78 is 13.8. The molecule has 0 aliphatic rings. The van der Waals surface area contributed by atoms with Gasteiger partial charge in [0.15, 0.2) is 0 Å². The number of halogens is 2. The smallest absolute Gasteiger partial charge is 0.137 e. The van der Waals surface area contributed by atoms with Gasteiger partial charge in [-0.1, -0.05) is 12.1 Å². The average molecular weight is 303 g/mol. The van der Waals surface area contributed by atoms with Gasteiger partial charge in [-0.15, -0.1) is 0 Å². The van der Waals surface area contributed by atoms with Crippen LogP contribution in [0, 0.1) is 5.82 Å². The van der Waals surface area contributed by atoms with E-state index in [4.69, 9.17) is 0 Å². The highest BCUT2D eigenvalue weighted by atomic mass is 79.9. The summed E-state index contributed by atoms with van der Waals surface area (Å²) in [6.45, 7) is 8.84. The van der Waals surface area contributed by atoms with Crippen LogP contribution in [-0.4, -0.2) is 18.6 Å². The van der Waals surface area contributed by atoms with Crippen molar-refractivity contribution < 1.29 is 4.39 Å². The molecule has 0 saturated heterocycles. The Hall–Kier alpha value is -0.450. The average Bonchev–Trinajstić information content (AvgIpc) is 2.22.